The first-order valence-electron chi connectivity index (χ1n) is 8.52. The largest absolute Gasteiger partial charge is 0.368 e. The van der Waals surface area contributed by atoms with Crippen LogP contribution >= 0.6 is 0 Å². The fourth-order valence-electron chi connectivity index (χ4n) is 3.23. The predicted molar refractivity (Wildman–Crippen MR) is 94.4 cm³/mol. The molecule has 0 saturated carbocycles. The number of anilines is 1. The van der Waals surface area contributed by atoms with Crippen molar-refractivity contribution in [3.8, 4) is 17.6 Å². The number of ether oxygens (including phenoxy) is 1. The van der Waals surface area contributed by atoms with Gasteiger partial charge in [-0.2, -0.15) is 10.2 Å². The second-order valence-corrected chi connectivity index (χ2v) is 6.16. The quantitative estimate of drug-likeness (QED) is 0.686. The molecule has 1 aliphatic rings. The number of rotatable bonds is 4. The average Bonchev–Trinajstić information content (AvgIpc) is 3.25. The molecule has 0 N–H and O–H groups in total. The Labute approximate surface area is 155 Å². The van der Waals surface area contributed by atoms with Crippen molar-refractivity contribution in [2.24, 2.45) is 0 Å². The van der Waals surface area contributed by atoms with Crippen LogP contribution in [0.4, 0.5) is 5.82 Å². The molecule has 0 radical (unpaired) electrons. The third-order valence-electron chi connectivity index (χ3n) is 4.76. The van der Waals surface area contributed by atoms with E-state index in [2.05, 4.69) is 31.2 Å². The normalized spacial score (nSPS) is 16.1. The highest BCUT2D eigenvalue weighted by molar-refractivity contribution is 5.50. The van der Waals surface area contributed by atoms with Crippen LogP contribution in [0.2, 0.25) is 0 Å². The molecule has 136 valence electrons. The van der Waals surface area contributed by atoms with E-state index in [1.807, 2.05) is 23.1 Å². The molecule has 0 bridgehead atoms. The summed E-state index contributed by atoms with van der Waals surface area (Å²) in [6.07, 6.45) is 6.03. The Morgan fingerprint density at radius 3 is 2.67 bits per heavy atom. The Bertz CT molecular complexity index is 959. The molecule has 0 aliphatic carbocycles. The summed E-state index contributed by atoms with van der Waals surface area (Å²) in [7, 11) is 1.64. The van der Waals surface area contributed by atoms with Gasteiger partial charge in [0.15, 0.2) is 11.5 Å². The Morgan fingerprint density at radius 1 is 1.15 bits per heavy atom. The van der Waals surface area contributed by atoms with Gasteiger partial charge in [0.25, 0.3) is 5.89 Å². The lowest BCUT2D eigenvalue weighted by Crippen LogP contribution is -2.44. The summed E-state index contributed by atoms with van der Waals surface area (Å²) in [5.41, 5.74) is 0.290. The van der Waals surface area contributed by atoms with E-state index in [1.165, 1.54) is 6.20 Å². The average molecular weight is 363 g/mol. The first kappa shape index (κ1) is 17.1. The monoisotopic (exact) mass is 363 g/mol. The lowest BCUT2D eigenvalue weighted by Gasteiger charge is -2.38. The molecular weight excluding hydrogens is 346 g/mol. The van der Waals surface area contributed by atoms with Gasteiger partial charge in [0, 0.05) is 51.6 Å². The van der Waals surface area contributed by atoms with Gasteiger partial charge in [-0.15, -0.1) is 0 Å². The number of pyridine rings is 1. The first-order chi connectivity index (χ1) is 13.3. The molecule has 1 fully saturated rings. The number of piperidine rings is 1. The highest BCUT2D eigenvalue weighted by Crippen LogP contribution is 2.37. The summed E-state index contributed by atoms with van der Waals surface area (Å²) in [5, 5.41) is 13.3. The molecule has 0 spiro atoms. The van der Waals surface area contributed by atoms with Crippen LogP contribution in [0.15, 0.2) is 41.3 Å². The molecule has 0 aromatic carbocycles. The highest BCUT2D eigenvalue weighted by Gasteiger charge is 2.42. The van der Waals surface area contributed by atoms with E-state index in [0.717, 1.165) is 0 Å². The van der Waals surface area contributed by atoms with E-state index < -0.39 is 5.60 Å². The minimum atomic E-state index is -0.675. The number of methoxy groups -OCH3 is 1. The van der Waals surface area contributed by atoms with E-state index in [9.17, 15) is 5.26 Å². The highest BCUT2D eigenvalue weighted by atomic mass is 16.5. The molecule has 4 rings (SSSR count). The topological polar surface area (TPSA) is 114 Å². The number of hydrogen-bond donors (Lipinski definition) is 0. The van der Waals surface area contributed by atoms with Crippen molar-refractivity contribution in [3.05, 3.63) is 48.4 Å². The van der Waals surface area contributed by atoms with Gasteiger partial charge in [-0.1, -0.05) is 11.2 Å². The van der Waals surface area contributed by atoms with Crippen molar-refractivity contribution >= 4 is 5.82 Å². The smallest absolute Gasteiger partial charge is 0.259 e. The van der Waals surface area contributed by atoms with Gasteiger partial charge in [0.05, 0.1) is 0 Å². The van der Waals surface area contributed by atoms with E-state index in [-0.39, 0.29) is 0 Å². The molecule has 4 heterocycles. The number of nitrogens with zero attached hydrogens (tertiary/aromatic N) is 7. The standard InChI is InChI=1S/C18H17N7O2/c1-26-18(17-23-15(24-27-17)13-4-2-3-7-20-13)5-10-25(11-6-18)16-14(12-19)21-8-9-22-16/h2-4,7-9H,5-6,10-11H2,1H3. The van der Waals surface area contributed by atoms with Crippen molar-refractivity contribution in [1.82, 2.24) is 25.1 Å². The molecule has 9 heteroatoms. The summed E-state index contributed by atoms with van der Waals surface area (Å²) < 4.78 is 11.3. The molecule has 9 nitrogen and oxygen atoms in total. The summed E-state index contributed by atoms with van der Waals surface area (Å²) in [4.78, 5) is 19.2. The minimum absolute atomic E-state index is 0.317. The minimum Gasteiger partial charge on any atom is -0.368 e. The van der Waals surface area contributed by atoms with Gasteiger partial charge in [-0.3, -0.25) is 4.98 Å². The Morgan fingerprint density at radius 2 is 1.96 bits per heavy atom. The second kappa shape index (κ2) is 7.09. The summed E-state index contributed by atoms with van der Waals surface area (Å²) in [6.45, 7) is 1.25. The molecule has 27 heavy (non-hydrogen) atoms. The van der Waals surface area contributed by atoms with E-state index in [1.54, 1.807) is 19.5 Å². The summed E-state index contributed by atoms with van der Waals surface area (Å²) in [5.74, 6) is 1.46. The van der Waals surface area contributed by atoms with Gasteiger partial charge in [0.1, 0.15) is 17.4 Å². The Balaban J connectivity index is 1.56. The molecule has 1 saturated heterocycles. The van der Waals surface area contributed by atoms with Gasteiger partial charge in [0.2, 0.25) is 5.82 Å². The van der Waals surface area contributed by atoms with Crippen LogP contribution in [-0.2, 0) is 10.3 Å². The van der Waals surface area contributed by atoms with Crippen LogP contribution in [0.1, 0.15) is 24.4 Å². The van der Waals surface area contributed by atoms with E-state index in [0.29, 0.717) is 54.9 Å². The van der Waals surface area contributed by atoms with Crippen LogP contribution in [0.3, 0.4) is 0 Å². The molecule has 0 atom stereocenters. The molecule has 0 unspecified atom stereocenters. The fourth-order valence-corrected chi connectivity index (χ4v) is 3.23. The number of aromatic nitrogens is 5. The van der Waals surface area contributed by atoms with Crippen LogP contribution < -0.4 is 4.90 Å². The maximum absolute atomic E-state index is 9.24. The van der Waals surface area contributed by atoms with Gasteiger partial charge < -0.3 is 14.2 Å². The second-order valence-electron chi connectivity index (χ2n) is 6.16. The molecule has 0 amide bonds. The Kier molecular flexibility index (Phi) is 4.48. The summed E-state index contributed by atoms with van der Waals surface area (Å²) in [6, 6.07) is 7.62. The van der Waals surface area contributed by atoms with Crippen molar-refractivity contribution in [1.29, 1.82) is 5.26 Å². The number of nitriles is 1. The maximum atomic E-state index is 9.24. The van der Waals surface area contributed by atoms with Gasteiger partial charge in [-0.05, 0) is 12.1 Å². The molecule has 3 aromatic heterocycles. The SMILES string of the molecule is COC1(c2nc(-c3ccccn3)no2)CCN(c2nccnc2C#N)CC1. The third-order valence-corrected chi connectivity index (χ3v) is 4.76. The van der Waals surface area contributed by atoms with Crippen LogP contribution in [0, 0.1) is 11.3 Å². The van der Waals surface area contributed by atoms with Crippen LogP contribution in [-0.4, -0.2) is 45.3 Å². The lowest BCUT2D eigenvalue weighted by atomic mass is 9.90. The van der Waals surface area contributed by atoms with Crippen LogP contribution in [0.5, 0.6) is 0 Å². The van der Waals surface area contributed by atoms with Crippen molar-refractivity contribution in [3.63, 3.8) is 0 Å². The van der Waals surface area contributed by atoms with Crippen molar-refractivity contribution in [2.45, 2.75) is 18.4 Å². The van der Waals surface area contributed by atoms with Gasteiger partial charge >= 0.3 is 0 Å². The number of hydrogen-bond acceptors (Lipinski definition) is 9. The molecular formula is C18H17N7O2. The zero-order chi connectivity index (χ0) is 18.7. The van der Waals surface area contributed by atoms with E-state index >= 15 is 0 Å². The first-order valence-corrected chi connectivity index (χ1v) is 8.52. The van der Waals surface area contributed by atoms with Crippen molar-refractivity contribution < 1.29 is 9.26 Å². The van der Waals surface area contributed by atoms with Crippen molar-refractivity contribution in [2.75, 3.05) is 25.1 Å². The maximum Gasteiger partial charge on any atom is 0.259 e. The zero-order valence-corrected chi connectivity index (χ0v) is 14.7. The third kappa shape index (κ3) is 3.11. The predicted octanol–water partition coefficient (Wildman–Crippen LogP) is 1.94. The Hall–Kier alpha value is -3.38. The molecule has 3 aromatic rings. The van der Waals surface area contributed by atoms with E-state index in [4.69, 9.17) is 9.26 Å². The zero-order valence-electron chi connectivity index (χ0n) is 14.7. The molecule has 1 aliphatic heterocycles. The van der Waals surface area contributed by atoms with Gasteiger partial charge in [-0.25, -0.2) is 9.97 Å². The lowest BCUT2D eigenvalue weighted by molar-refractivity contribution is -0.0582. The summed E-state index contributed by atoms with van der Waals surface area (Å²) >= 11 is 0. The van der Waals surface area contributed by atoms with Crippen LogP contribution in [0.25, 0.3) is 11.5 Å². The fraction of sp³-hybridized carbons (Fsp3) is 0.333.